The lowest BCUT2D eigenvalue weighted by Crippen LogP contribution is -2.03. The van der Waals surface area contributed by atoms with Crippen LogP contribution in [0.15, 0.2) is 443 Å². The van der Waals surface area contributed by atoms with Crippen molar-refractivity contribution in [1.82, 2.24) is 43.6 Å². The van der Waals surface area contributed by atoms with Crippen LogP contribution in [0.5, 0.6) is 0 Å². The lowest BCUT2D eigenvalue weighted by molar-refractivity contribution is 1.02. The SMILES string of the molecule is c1ccc(-c2ccc(-c3nc(-n4c5ccccc5c5c6sc7ccccc7c6c6ccccc6c54)nc4sc5ccccc5c34)cc2)cc1.c1ccc(-c2cccc(-c3nc(-n4c5ccccc5c5c6sc7ccccc7c6c6ccccc6c54)nc4sc5ccccc5c34)c2)cc1.c1ccc2c(-c3nc(-n4c5ccccc5c5c6sc7ccccc7c6c6ccccc6c54)nc4sc5ccccc5c34)cccc2c1. The standard InChI is InChI=1S/2C44H25N3S2.C42H23N3S2/c1-2-13-26(14-3-1)27-15-12-16-28(25-27)40-38-33-21-8-11-24-36(33)49-43(38)46-44(45-40)47-34-22-9-6-19-31(34)39-41(47)30-18-5-4-17-29(30)37-32-20-7-10-23-35(32)48-42(37)39;1-2-12-26(13-3-1)27-22-24-28(25-23-27)40-38-33-18-8-11-21-36(33)49-43(38)46-44(45-40)47-34-19-9-6-16-31(34)39-41(47)30-15-5-4-14-29(30)37-32-17-7-10-20-35(32)48-42(37)39;1-2-14-25-24(12-1)13-11-20-27(25)38-36-31-19-7-10-23-34(31)47-41(36)44-42(43-38)45-32-21-8-5-17-29(32)37-39(45)28-16-4-3-15-26(28)35-30-18-6-9-22-33(30)46-40(35)37/h2*1-25H;1-23H. The molecule has 33 aromatic rings. The number of rotatable bonds is 8. The van der Waals surface area contributed by atoms with Crippen molar-refractivity contribution in [2.45, 2.75) is 0 Å². The third-order valence-electron chi connectivity index (χ3n) is 29.3. The van der Waals surface area contributed by atoms with Gasteiger partial charge < -0.3 is 0 Å². The highest BCUT2D eigenvalue weighted by atomic mass is 32.1. The first-order valence-electron chi connectivity index (χ1n) is 48.6. The summed E-state index contributed by atoms with van der Waals surface area (Å²) in [5.41, 5.74) is 17.7. The van der Waals surface area contributed by atoms with Gasteiger partial charge in [0.15, 0.2) is 0 Å². The van der Waals surface area contributed by atoms with Crippen LogP contribution in [0.1, 0.15) is 0 Å². The first-order chi connectivity index (χ1) is 72.0. The maximum atomic E-state index is 5.58. The van der Waals surface area contributed by atoms with Gasteiger partial charge in [-0.05, 0) is 110 Å². The van der Waals surface area contributed by atoms with Crippen LogP contribution in [-0.2, 0) is 0 Å². The predicted molar refractivity (Wildman–Crippen MR) is 624 cm³/mol. The zero-order chi connectivity index (χ0) is 94.7. The van der Waals surface area contributed by atoms with Crippen molar-refractivity contribution < 1.29 is 0 Å². The lowest BCUT2D eigenvalue weighted by Gasteiger charge is -2.13. The summed E-state index contributed by atoms with van der Waals surface area (Å²) >= 11 is 10.9. The van der Waals surface area contributed by atoms with Crippen molar-refractivity contribution in [2.24, 2.45) is 0 Å². The van der Waals surface area contributed by atoms with Crippen molar-refractivity contribution in [3.63, 3.8) is 0 Å². The fraction of sp³-hybridized carbons (Fsp3) is 0. The maximum absolute atomic E-state index is 5.58. The molecule has 674 valence electrons. The highest BCUT2D eigenvalue weighted by Crippen LogP contribution is 2.55. The number of hydrogen-bond acceptors (Lipinski definition) is 12. The fourth-order valence-corrected chi connectivity index (χ4v) is 30.1. The Labute approximate surface area is 850 Å². The van der Waals surface area contributed by atoms with Crippen LogP contribution in [-0.4, -0.2) is 43.6 Å². The number of fused-ring (bicyclic) bond motifs is 40. The van der Waals surface area contributed by atoms with E-state index in [1.807, 2.05) is 34.0 Å². The number of thiophene rings is 6. The second-order valence-electron chi connectivity index (χ2n) is 37.1. The van der Waals surface area contributed by atoms with Gasteiger partial charge in [-0.2, -0.15) is 0 Å². The Morgan fingerprint density at radius 1 is 0.159 bits per heavy atom. The zero-order valence-electron chi connectivity index (χ0n) is 77.1. The summed E-state index contributed by atoms with van der Waals surface area (Å²) in [7, 11) is 0. The van der Waals surface area contributed by atoms with Crippen molar-refractivity contribution in [3.8, 4) is 73.9 Å². The largest absolute Gasteiger partial charge is 0.277 e. The van der Waals surface area contributed by atoms with E-state index in [0.717, 1.165) is 97.5 Å². The van der Waals surface area contributed by atoms with E-state index in [0.29, 0.717) is 17.8 Å². The number of hydrogen-bond donors (Lipinski definition) is 0. The van der Waals surface area contributed by atoms with Crippen LogP contribution < -0.4 is 0 Å². The minimum atomic E-state index is 0.691. The molecule has 0 saturated heterocycles. The average Bonchev–Trinajstić information content (AvgIpc) is 1.54. The molecule has 0 amide bonds. The second-order valence-corrected chi connectivity index (χ2v) is 43.4. The van der Waals surface area contributed by atoms with Crippen molar-refractivity contribution in [2.75, 3.05) is 0 Å². The molecule has 0 unspecified atom stereocenters. The normalized spacial score (nSPS) is 12.1. The molecule has 0 spiro atoms. The van der Waals surface area contributed by atoms with E-state index < -0.39 is 0 Å². The number of benzene rings is 21. The quantitative estimate of drug-likeness (QED) is 0.150. The molecule has 21 aromatic carbocycles. The monoisotopic (exact) mass is 1950 g/mol. The fourth-order valence-electron chi connectivity index (χ4n) is 23.1. The third kappa shape index (κ3) is 12.6. The summed E-state index contributed by atoms with van der Waals surface area (Å²) in [4.78, 5) is 35.9. The minimum Gasteiger partial charge on any atom is -0.277 e. The van der Waals surface area contributed by atoms with Crippen LogP contribution in [0, 0.1) is 0 Å². The summed E-state index contributed by atoms with van der Waals surface area (Å²) in [6.45, 7) is 0. The molecule has 0 atom stereocenters. The smallest absolute Gasteiger partial charge is 0.236 e. The number of aromatic nitrogens is 9. The predicted octanol–water partition coefficient (Wildman–Crippen LogP) is 37.9. The van der Waals surface area contributed by atoms with Gasteiger partial charge in [-0.1, -0.05) is 382 Å². The molecule has 0 N–H and O–H groups in total. The third-order valence-corrected chi connectivity index (χ3v) is 36.0. The summed E-state index contributed by atoms with van der Waals surface area (Å²) in [5.74, 6) is 2.08. The highest BCUT2D eigenvalue weighted by Gasteiger charge is 2.31. The van der Waals surface area contributed by atoms with E-state index >= 15 is 0 Å². The topological polar surface area (TPSA) is 92.1 Å². The van der Waals surface area contributed by atoms with Crippen LogP contribution >= 0.6 is 68.0 Å². The molecular formula is C130H73N9S6. The summed E-state index contributed by atoms with van der Waals surface area (Å²) < 4.78 is 18.5. The van der Waals surface area contributed by atoms with Crippen LogP contribution in [0.25, 0.3) is 304 Å². The highest BCUT2D eigenvalue weighted by molar-refractivity contribution is 7.29. The zero-order valence-corrected chi connectivity index (χ0v) is 82.0. The van der Waals surface area contributed by atoms with Gasteiger partial charge in [0, 0.05) is 172 Å². The van der Waals surface area contributed by atoms with Crippen LogP contribution in [0.2, 0.25) is 0 Å². The first kappa shape index (κ1) is 82.4. The Morgan fingerprint density at radius 2 is 0.421 bits per heavy atom. The summed E-state index contributed by atoms with van der Waals surface area (Å²) in [5, 5.41) is 32.0. The number of nitrogens with zero attached hydrogens (tertiary/aromatic N) is 9. The second kappa shape index (κ2) is 32.6. The molecule has 0 aliphatic heterocycles. The molecule has 12 heterocycles. The molecule has 33 rings (SSSR count). The van der Waals surface area contributed by atoms with Gasteiger partial charge in [0.25, 0.3) is 0 Å². The van der Waals surface area contributed by atoms with E-state index in [1.54, 1.807) is 34.0 Å². The molecule has 145 heavy (non-hydrogen) atoms. The van der Waals surface area contributed by atoms with Gasteiger partial charge >= 0.3 is 0 Å². The number of para-hydroxylation sites is 3. The molecule has 15 heteroatoms. The molecular weight excluding hydrogens is 1880 g/mol. The van der Waals surface area contributed by atoms with Crippen molar-refractivity contribution >= 4 is 298 Å². The molecule has 0 radical (unpaired) electrons. The van der Waals surface area contributed by atoms with E-state index in [1.165, 1.54) is 188 Å². The Hall–Kier alpha value is -17.4. The Morgan fingerprint density at radius 3 is 0.821 bits per heavy atom. The van der Waals surface area contributed by atoms with E-state index in [4.69, 9.17) is 29.9 Å². The summed E-state index contributed by atoms with van der Waals surface area (Å²) in [6, 6.07) is 159. The molecule has 0 saturated carbocycles. The van der Waals surface area contributed by atoms with E-state index in [-0.39, 0.29) is 0 Å². The Kier molecular flexibility index (Phi) is 18.5. The van der Waals surface area contributed by atoms with Gasteiger partial charge in [0.2, 0.25) is 17.8 Å². The van der Waals surface area contributed by atoms with Crippen molar-refractivity contribution in [1.29, 1.82) is 0 Å². The van der Waals surface area contributed by atoms with E-state index in [9.17, 15) is 0 Å². The van der Waals surface area contributed by atoms with Gasteiger partial charge in [0.05, 0.1) is 50.2 Å². The molecule has 9 nitrogen and oxygen atoms in total. The van der Waals surface area contributed by atoms with Gasteiger partial charge in [-0.3, -0.25) is 13.7 Å². The molecule has 0 aliphatic carbocycles. The summed E-state index contributed by atoms with van der Waals surface area (Å²) in [6.07, 6.45) is 0. The van der Waals surface area contributed by atoms with Gasteiger partial charge in [0.1, 0.15) is 14.5 Å². The maximum Gasteiger partial charge on any atom is 0.236 e. The Bertz CT molecular complexity index is 11300. The molecule has 12 aromatic heterocycles. The van der Waals surface area contributed by atoms with Crippen LogP contribution in [0.3, 0.4) is 0 Å². The average molecular weight is 1950 g/mol. The molecule has 0 aliphatic rings. The minimum absolute atomic E-state index is 0.691. The molecule has 0 fully saturated rings. The van der Waals surface area contributed by atoms with Gasteiger partial charge in [-0.15, -0.1) is 68.0 Å². The Balaban J connectivity index is 0.0000000990. The van der Waals surface area contributed by atoms with Crippen LogP contribution in [0.4, 0.5) is 0 Å². The lowest BCUT2D eigenvalue weighted by atomic mass is 9.99. The van der Waals surface area contributed by atoms with E-state index in [2.05, 4.69) is 457 Å². The van der Waals surface area contributed by atoms with Crippen molar-refractivity contribution in [3.05, 3.63) is 443 Å². The first-order valence-corrected chi connectivity index (χ1v) is 53.5. The molecule has 0 bridgehead atoms. The van der Waals surface area contributed by atoms with Gasteiger partial charge in [-0.25, -0.2) is 29.9 Å².